The van der Waals surface area contributed by atoms with Gasteiger partial charge in [-0.05, 0) is 68.6 Å². The zero-order chi connectivity index (χ0) is 15.5. The first-order valence-electron chi connectivity index (χ1n) is 9.03. The Bertz CT molecular complexity index is 389. The Morgan fingerprint density at radius 2 is 1.36 bits per heavy atom. The molecule has 4 fully saturated rings. The number of esters is 1. The van der Waals surface area contributed by atoms with Crippen molar-refractivity contribution in [1.29, 1.82) is 0 Å². The lowest BCUT2D eigenvalue weighted by Crippen LogP contribution is -2.50. The number of rotatable bonds is 8. The van der Waals surface area contributed by atoms with Gasteiger partial charge >= 0.3 is 11.9 Å². The predicted octanol–water partition coefficient (Wildman–Crippen LogP) is 3.78. The molecule has 0 aromatic heterocycles. The normalized spacial score (nSPS) is 35.5. The highest BCUT2D eigenvalue weighted by atomic mass is 16.5. The van der Waals surface area contributed by atoms with Crippen molar-refractivity contribution in [3.8, 4) is 0 Å². The van der Waals surface area contributed by atoms with Gasteiger partial charge in [0.25, 0.3) is 0 Å². The molecule has 4 nitrogen and oxygen atoms in total. The minimum Gasteiger partial charge on any atom is -0.481 e. The van der Waals surface area contributed by atoms with Crippen molar-refractivity contribution in [2.75, 3.05) is 0 Å². The van der Waals surface area contributed by atoms with Gasteiger partial charge < -0.3 is 9.84 Å². The second kappa shape index (κ2) is 7.01. The molecule has 0 aromatic rings. The molecule has 4 heteroatoms. The molecule has 0 unspecified atom stereocenters. The largest absolute Gasteiger partial charge is 0.481 e. The van der Waals surface area contributed by atoms with E-state index in [1.165, 1.54) is 32.1 Å². The molecule has 0 aliphatic heterocycles. The predicted molar refractivity (Wildman–Crippen MR) is 82.3 cm³/mol. The summed E-state index contributed by atoms with van der Waals surface area (Å²) < 4.78 is 5.84. The van der Waals surface area contributed by atoms with Gasteiger partial charge in [0.05, 0.1) is 0 Å². The Labute approximate surface area is 132 Å². The molecule has 22 heavy (non-hydrogen) atoms. The van der Waals surface area contributed by atoms with E-state index >= 15 is 0 Å². The second-order valence-corrected chi connectivity index (χ2v) is 7.69. The van der Waals surface area contributed by atoms with Crippen molar-refractivity contribution >= 4 is 11.9 Å². The van der Waals surface area contributed by atoms with E-state index in [4.69, 9.17) is 9.84 Å². The lowest BCUT2D eigenvalue weighted by Gasteiger charge is -2.53. The molecule has 0 heterocycles. The van der Waals surface area contributed by atoms with E-state index in [9.17, 15) is 9.59 Å². The zero-order valence-corrected chi connectivity index (χ0v) is 13.3. The lowest BCUT2D eigenvalue weighted by atomic mass is 9.55. The van der Waals surface area contributed by atoms with Crippen molar-refractivity contribution < 1.29 is 19.4 Å². The Morgan fingerprint density at radius 3 is 1.91 bits per heavy atom. The zero-order valence-electron chi connectivity index (χ0n) is 13.3. The van der Waals surface area contributed by atoms with Crippen LogP contribution in [0.3, 0.4) is 0 Å². The number of hydrogen-bond acceptors (Lipinski definition) is 3. The third kappa shape index (κ3) is 3.82. The maximum absolute atomic E-state index is 12.1. The van der Waals surface area contributed by atoms with Gasteiger partial charge in [-0.3, -0.25) is 9.59 Å². The molecule has 4 aliphatic carbocycles. The van der Waals surface area contributed by atoms with E-state index in [-0.39, 0.29) is 18.5 Å². The number of carboxylic acid groups (broad SMARTS) is 1. The average Bonchev–Trinajstić information content (AvgIpc) is 2.45. The number of ether oxygens (including phenoxy) is 1. The van der Waals surface area contributed by atoms with Crippen LogP contribution >= 0.6 is 0 Å². The van der Waals surface area contributed by atoms with E-state index < -0.39 is 5.97 Å². The van der Waals surface area contributed by atoms with Crippen molar-refractivity contribution in [3.63, 3.8) is 0 Å². The quantitative estimate of drug-likeness (QED) is 0.547. The summed E-state index contributed by atoms with van der Waals surface area (Å²) in [6.07, 6.45) is 10.8. The molecule has 0 aromatic carbocycles. The number of carboxylic acids is 1. The molecule has 4 aliphatic rings. The summed E-state index contributed by atoms with van der Waals surface area (Å²) in [5.41, 5.74) is 0. The van der Waals surface area contributed by atoms with Crippen LogP contribution in [0.2, 0.25) is 0 Å². The van der Waals surface area contributed by atoms with E-state index in [1.54, 1.807) is 0 Å². The van der Waals surface area contributed by atoms with E-state index in [1.807, 2.05) is 0 Å². The minimum atomic E-state index is -0.735. The highest BCUT2D eigenvalue weighted by Crippen LogP contribution is 2.54. The van der Waals surface area contributed by atoms with Crippen LogP contribution in [0.25, 0.3) is 0 Å². The van der Waals surface area contributed by atoms with Gasteiger partial charge in [-0.1, -0.05) is 12.8 Å². The smallest absolute Gasteiger partial charge is 0.306 e. The van der Waals surface area contributed by atoms with E-state index in [0.717, 1.165) is 31.1 Å². The third-order valence-corrected chi connectivity index (χ3v) is 5.93. The summed E-state index contributed by atoms with van der Waals surface area (Å²) in [4.78, 5) is 22.5. The number of carbonyl (C=O) groups is 2. The van der Waals surface area contributed by atoms with Crippen molar-refractivity contribution in [2.45, 2.75) is 76.7 Å². The van der Waals surface area contributed by atoms with Crippen LogP contribution in [0.5, 0.6) is 0 Å². The monoisotopic (exact) mass is 308 g/mol. The number of aliphatic carboxylic acids is 1. The maximum atomic E-state index is 12.1. The van der Waals surface area contributed by atoms with Crippen molar-refractivity contribution in [1.82, 2.24) is 0 Å². The van der Waals surface area contributed by atoms with Gasteiger partial charge in [0.15, 0.2) is 0 Å². The van der Waals surface area contributed by atoms with Crippen LogP contribution in [0.15, 0.2) is 0 Å². The molecule has 0 saturated heterocycles. The van der Waals surface area contributed by atoms with Crippen LogP contribution in [-0.2, 0) is 14.3 Å². The summed E-state index contributed by atoms with van der Waals surface area (Å²) in [5.74, 6) is 2.32. The SMILES string of the molecule is O=C(O)CCCCCCC(=O)OC1C2CC3CC(C2)CC1C3. The molecule has 1 N–H and O–H groups in total. The fourth-order valence-electron chi connectivity index (χ4n) is 5.18. The Hall–Kier alpha value is -1.06. The summed E-state index contributed by atoms with van der Waals surface area (Å²) in [6, 6.07) is 0. The second-order valence-electron chi connectivity index (χ2n) is 7.69. The number of carbonyl (C=O) groups excluding carboxylic acids is 1. The van der Waals surface area contributed by atoms with E-state index in [0.29, 0.717) is 24.7 Å². The van der Waals surface area contributed by atoms with Crippen LogP contribution < -0.4 is 0 Å². The summed E-state index contributed by atoms with van der Waals surface area (Å²) in [5, 5.41) is 8.57. The van der Waals surface area contributed by atoms with Crippen LogP contribution in [0.1, 0.15) is 70.6 Å². The standard InChI is InChI=1S/C18H28O4/c19-16(20)5-3-1-2-4-6-17(21)22-18-14-8-12-7-13(10-14)11-15(18)9-12/h12-15,18H,1-11H2,(H,19,20). The van der Waals surface area contributed by atoms with Crippen molar-refractivity contribution in [2.24, 2.45) is 23.7 Å². The first-order chi connectivity index (χ1) is 10.6. The van der Waals surface area contributed by atoms with Gasteiger partial charge in [0.2, 0.25) is 0 Å². The summed E-state index contributed by atoms with van der Waals surface area (Å²) in [6.45, 7) is 0. The molecule has 124 valence electrons. The van der Waals surface area contributed by atoms with Gasteiger partial charge in [-0.25, -0.2) is 0 Å². The summed E-state index contributed by atoms with van der Waals surface area (Å²) >= 11 is 0. The molecular formula is C18H28O4. The topological polar surface area (TPSA) is 63.6 Å². The Kier molecular flexibility index (Phi) is 5.04. The molecule has 4 bridgehead atoms. The first kappa shape index (κ1) is 15.8. The molecule has 0 spiro atoms. The highest BCUT2D eigenvalue weighted by Gasteiger charge is 2.49. The van der Waals surface area contributed by atoms with Crippen LogP contribution in [0.4, 0.5) is 0 Å². The third-order valence-electron chi connectivity index (χ3n) is 5.93. The molecule has 4 rings (SSSR count). The fourth-order valence-corrected chi connectivity index (χ4v) is 5.18. The number of hydrogen-bond donors (Lipinski definition) is 1. The van der Waals surface area contributed by atoms with Gasteiger partial charge in [0.1, 0.15) is 6.10 Å². The molecular weight excluding hydrogens is 280 g/mol. The molecule has 4 saturated carbocycles. The first-order valence-corrected chi connectivity index (χ1v) is 9.03. The Balaban J connectivity index is 1.33. The molecule has 0 radical (unpaired) electrons. The van der Waals surface area contributed by atoms with Gasteiger partial charge in [0, 0.05) is 12.8 Å². The number of unbranched alkanes of at least 4 members (excludes halogenated alkanes) is 3. The lowest BCUT2D eigenvalue weighted by molar-refractivity contribution is -0.170. The molecule has 0 amide bonds. The highest BCUT2D eigenvalue weighted by molar-refractivity contribution is 5.69. The fraction of sp³-hybridized carbons (Fsp3) is 0.889. The van der Waals surface area contributed by atoms with Crippen LogP contribution in [-0.4, -0.2) is 23.1 Å². The maximum Gasteiger partial charge on any atom is 0.306 e. The van der Waals surface area contributed by atoms with Gasteiger partial charge in [-0.15, -0.1) is 0 Å². The van der Waals surface area contributed by atoms with E-state index in [2.05, 4.69) is 0 Å². The molecule has 0 atom stereocenters. The Morgan fingerprint density at radius 1 is 0.818 bits per heavy atom. The average molecular weight is 308 g/mol. The summed E-state index contributed by atoms with van der Waals surface area (Å²) in [7, 11) is 0. The van der Waals surface area contributed by atoms with Crippen LogP contribution in [0, 0.1) is 23.7 Å². The minimum absolute atomic E-state index is 0.0318. The van der Waals surface area contributed by atoms with Gasteiger partial charge in [-0.2, -0.15) is 0 Å². The van der Waals surface area contributed by atoms with Crippen molar-refractivity contribution in [3.05, 3.63) is 0 Å².